The molecule has 0 aliphatic heterocycles. The van der Waals surface area contributed by atoms with Crippen LogP contribution in [0, 0.1) is 0 Å². The van der Waals surface area contributed by atoms with Gasteiger partial charge in [0.1, 0.15) is 0 Å². The topological polar surface area (TPSA) is 49.3 Å². The van der Waals surface area contributed by atoms with Crippen LogP contribution in [-0.2, 0) is 4.79 Å². The molecule has 0 amide bonds. The van der Waals surface area contributed by atoms with Gasteiger partial charge < -0.3 is 0 Å². The van der Waals surface area contributed by atoms with E-state index in [9.17, 15) is 4.79 Å². The van der Waals surface area contributed by atoms with Gasteiger partial charge in [-0.2, -0.15) is 0 Å². The molecule has 0 heterocycles. The van der Waals surface area contributed by atoms with E-state index in [4.69, 9.17) is 5.11 Å². The van der Waals surface area contributed by atoms with Crippen molar-refractivity contribution in [2.24, 2.45) is 0 Å². The van der Waals surface area contributed by atoms with Gasteiger partial charge >= 0.3 is 62.0 Å². The molecule has 0 unspecified atom stereocenters. The van der Waals surface area contributed by atoms with Crippen molar-refractivity contribution in [3.05, 3.63) is 0 Å². The zero-order valence-corrected chi connectivity index (χ0v) is 6.97. The summed E-state index contributed by atoms with van der Waals surface area (Å²) >= 11 is 2.76. The molecule has 0 saturated carbocycles. The Labute approximate surface area is 62.6 Å². The molecule has 3 nitrogen and oxygen atoms in total. The molecule has 2 N–H and O–H groups in total. The zero-order chi connectivity index (χ0) is 7.28. The van der Waals surface area contributed by atoms with Crippen molar-refractivity contribution in [3.63, 3.8) is 0 Å². The van der Waals surface area contributed by atoms with Crippen LogP contribution in [-0.4, -0.2) is 40.2 Å². The molecule has 0 aromatic carbocycles. The Morgan fingerprint density at radius 1 is 1.89 bits per heavy atom. The Kier molecular flexibility index (Phi) is 4.77. The van der Waals surface area contributed by atoms with Gasteiger partial charge in [-0.05, 0) is 0 Å². The molecule has 0 fully saturated rings. The molecule has 0 saturated heterocycles. The van der Waals surface area contributed by atoms with E-state index in [2.05, 4.69) is 21.3 Å². The first-order valence-corrected chi connectivity index (χ1v) is 3.91. The average Bonchev–Trinajstić information content (AvgIpc) is 1.82. The normalized spacial score (nSPS) is 13.1. The molecule has 0 spiro atoms. The van der Waals surface area contributed by atoms with E-state index >= 15 is 0 Å². The summed E-state index contributed by atoms with van der Waals surface area (Å²) in [7, 11) is 1.65. The molecule has 1 radical (unpaired) electrons. The summed E-state index contributed by atoms with van der Waals surface area (Å²) in [5.74, 6) is -0.784. The summed E-state index contributed by atoms with van der Waals surface area (Å²) in [4.78, 5) is 10.2. The van der Waals surface area contributed by atoms with Gasteiger partial charge in [0.05, 0.1) is 0 Å². The van der Waals surface area contributed by atoms with Gasteiger partial charge in [0, 0.05) is 0 Å². The zero-order valence-electron chi connectivity index (χ0n) is 5.26. The van der Waals surface area contributed by atoms with Gasteiger partial charge in [-0.1, -0.05) is 0 Å². The number of carboxylic acid groups (broad SMARTS) is 1. The molecule has 0 aromatic heterocycles. The molecule has 0 rings (SSSR count). The first-order chi connectivity index (χ1) is 4.22. The first-order valence-electron chi connectivity index (χ1n) is 2.70. The summed E-state index contributed by atoms with van der Waals surface area (Å²) in [5, 5.41) is 11.9. The second-order valence-corrected chi connectivity index (χ2v) is 2.53. The minimum atomic E-state index is -0.784. The van der Waals surface area contributed by atoms with Crippen LogP contribution in [0.3, 0.4) is 0 Å². The van der Waals surface area contributed by atoms with Gasteiger partial charge in [-0.25, -0.2) is 0 Å². The molecule has 0 bridgehead atoms. The standard InChI is InChI=1S/C5H10NO2Se/c1-6-4(2-3-9)5(7)8/h4,6H,2-3H2,1H3,(H,7,8)/t4-/m0/s1. The van der Waals surface area contributed by atoms with Crippen molar-refractivity contribution >= 4 is 22.0 Å². The summed E-state index contributed by atoms with van der Waals surface area (Å²) in [6.45, 7) is 0. The van der Waals surface area contributed by atoms with E-state index in [1.54, 1.807) is 7.05 Å². The minimum absolute atomic E-state index is 0.397. The van der Waals surface area contributed by atoms with Crippen LogP contribution in [0.2, 0.25) is 5.32 Å². The Balaban J connectivity index is 3.54. The Morgan fingerprint density at radius 2 is 2.44 bits per heavy atom. The predicted octanol–water partition coefficient (Wildman–Crippen LogP) is -0.364. The Bertz CT molecular complexity index is 97.0. The summed E-state index contributed by atoms with van der Waals surface area (Å²) in [6.07, 6.45) is 0.645. The van der Waals surface area contributed by atoms with E-state index < -0.39 is 12.0 Å². The van der Waals surface area contributed by atoms with Crippen molar-refractivity contribution in [1.82, 2.24) is 5.32 Å². The van der Waals surface area contributed by atoms with Crippen LogP contribution in [0.15, 0.2) is 0 Å². The molecule has 9 heavy (non-hydrogen) atoms. The molecular formula is C5H10NO2Se. The second kappa shape index (κ2) is 4.79. The number of rotatable bonds is 4. The summed E-state index contributed by atoms with van der Waals surface area (Å²) < 4.78 is 0. The number of likely N-dealkylation sites (N-methyl/N-ethyl adjacent to an activating group) is 1. The quantitative estimate of drug-likeness (QED) is 0.602. The predicted molar refractivity (Wildman–Crippen MR) is 35.7 cm³/mol. The van der Waals surface area contributed by atoms with Crippen LogP contribution in [0.25, 0.3) is 0 Å². The van der Waals surface area contributed by atoms with E-state index in [0.717, 1.165) is 5.32 Å². The van der Waals surface area contributed by atoms with E-state index in [1.165, 1.54) is 0 Å². The first kappa shape index (κ1) is 8.95. The van der Waals surface area contributed by atoms with Gasteiger partial charge in [-0.15, -0.1) is 0 Å². The molecular weight excluding hydrogens is 185 g/mol. The molecule has 4 heteroatoms. The number of carbonyl (C=O) groups is 1. The fourth-order valence-electron chi connectivity index (χ4n) is 0.509. The number of carboxylic acids is 1. The van der Waals surface area contributed by atoms with Crippen molar-refractivity contribution in [3.8, 4) is 0 Å². The van der Waals surface area contributed by atoms with Gasteiger partial charge in [0.25, 0.3) is 0 Å². The van der Waals surface area contributed by atoms with Crippen LogP contribution >= 0.6 is 0 Å². The molecule has 0 aliphatic carbocycles. The van der Waals surface area contributed by atoms with Crippen molar-refractivity contribution < 1.29 is 9.90 Å². The number of aliphatic carboxylic acids is 1. The third-order valence-corrected chi connectivity index (χ3v) is 1.55. The maximum atomic E-state index is 10.2. The third-order valence-electron chi connectivity index (χ3n) is 1.05. The van der Waals surface area contributed by atoms with Crippen molar-refractivity contribution in [1.29, 1.82) is 0 Å². The van der Waals surface area contributed by atoms with Crippen LogP contribution in [0.1, 0.15) is 6.42 Å². The second-order valence-electron chi connectivity index (χ2n) is 1.67. The SMILES string of the molecule is CN[C@@H](CC[Se])C(=O)O. The Morgan fingerprint density at radius 3 is 2.56 bits per heavy atom. The molecule has 1 atom stereocenters. The third kappa shape index (κ3) is 3.51. The number of hydrogen-bond acceptors (Lipinski definition) is 2. The van der Waals surface area contributed by atoms with E-state index in [1.807, 2.05) is 0 Å². The average molecular weight is 195 g/mol. The maximum absolute atomic E-state index is 10.2. The fraction of sp³-hybridized carbons (Fsp3) is 0.800. The molecule has 0 aromatic rings. The molecule has 0 aliphatic rings. The van der Waals surface area contributed by atoms with E-state index in [0.29, 0.717) is 6.42 Å². The molecule has 53 valence electrons. The van der Waals surface area contributed by atoms with Crippen LogP contribution in [0.4, 0.5) is 0 Å². The Hall–Kier alpha value is -0.0505. The summed E-state index contributed by atoms with van der Waals surface area (Å²) in [5.41, 5.74) is 0. The fourth-order valence-corrected chi connectivity index (χ4v) is 1.00. The summed E-state index contributed by atoms with van der Waals surface area (Å²) in [6, 6.07) is -0.397. The van der Waals surface area contributed by atoms with E-state index in [-0.39, 0.29) is 0 Å². The van der Waals surface area contributed by atoms with Gasteiger partial charge in [0.15, 0.2) is 0 Å². The number of hydrogen-bond donors (Lipinski definition) is 2. The number of nitrogens with one attached hydrogen (secondary N) is 1. The van der Waals surface area contributed by atoms with Gasteiger partial charge in [0.2, 0.25) is 0 Å². The van der Waals surface area contributed by atoms with Crippen LogP contribution < -0.4 is 5.32 Å². The monoisotopic (exact) mass is 196 g/mol. The van der Waals surface area contributed by atoms with Crippen molar-refractivity contribution in [2.75, 3.05) is 7.05 Å². The van der Waals surface area contributed by atoms with Gasteiger partial charge in [-0.3, -0.25) is 0 Å². The van der Waals surface area contributed by atoms with Crippen LogP contribution in [0.5, 0.6) is 0 Å². The van der Waals surface area contributed by atoms with Crippen molar-refractivity contribution in [2.45, 2.75) is 17.8 Å².